The topological polar surface area (TPSA) is 86.8 Å². The molecule has 0 fully saturated rings. The molecule has 0 aliphatic rings. The second kappa shape index (κ2) is 15.6. The Morgan fingerprint density at radius 2 is 1.51 bits per heavy atom. The van der Waals surface area contributed by atoms with E-state index in [0.29, 0.717) is 11.4 Å². The van der Waals surface area contributed by atoms with Crippen LogP contribution in [-0.2, 0) is 32.6 Å². The zero-order valence-corrected chi connectivity index (χ0v) is 28.6. The first-order chi connectivity index (χ1) is 21.5. The Hall–Kier alpha value is -3.66. The van der Waals surface area contributed by atoms with E-state index in [2.05, 4.69) is 21.2 Å². The highest BCUT2D eigenvalue weighted by molar-refractivity contribution is 9.10. The summed E-state index contributed by atoms with van der Waals surface area (Å²) in [4.78, 5) is 29.9. The van der Waals surface area contributed by atoms with E-state index < -0.39 is 28.5 Å². The molecule has 0 radical (unpaired) electrons. The van der Waals surface area contributed by atoms with E-state index in [9.17, 15) is 18.0 Å². The molecule has 1 N–H and O–H groups in total. The molecule has 0 unspecified atom stereocenters. The maximum Gasteiger partial charge on any atom is 0.264 e. The molecule has 0 bridgehead atoms. The molecule has 2 atom stereocenters. The van der Waals surface area contributed by atoms with Gasteiger partial charge in [0, 0.05) is 28.5 Å². The molecule has 0 aromatic heterocycles. The highest BCUT2D eigenvalue weighted by atomic mass is 79.9. The number of nitrogens with one attached hydrogen (secondary N) is 1. The van der Waals surface area contributed by atoms with Crippen LogP contribution in [0.2, 0.25) is 5.02 Å². The van der Waals surface area contributed by atoms with Crippen LogP contribution in [0.4, 0.5) is 5.69 Å². The fraction of sp³-hybridized carbons (Fsp3) is 0.257. The van der Waals surface area contributed by atoms with Gasteiger partial charge >= 0.3 is 0 Å². The van der Waals surface area contributed by atoms with Crippen LogP contribution in [0, 0.1) is 6.92 Å². The standard InChI is InChI=1S/C35H37BrClN3O4S/c1-4-26(3)38-35(42)33(21-27-11-7-5-8-12-27)39(23-28-16-18-29(36)19-17-28)34(41)24-40(30-20-15-25(2)32(37)22-30)45(43,44)31-13-9-6-10-14-31/h5-20,22,26,33H,4,21,23-24H2,1-3H3,(H,38,42)/t26-,33+/m0/s1. The van der Waals surface area contributed by atoms with Crippen molar-refractivity contribution in [2.45, 2.75) is 57.1 Å². The summed E-state index contributed by atoms with van der Waals surface area (Å²) in [6, 6.07) is 28.8. The van der Waals surface area contributed by atoms with Gasteiger partial charge in [0.2, 0.25) is 11.8 Å². The zero-order valence-electron chi connectivity index (χ0n) is 25.5. The summed E-state index contributed by atoms with van der Waals surface area (Å²) in [5.41, 5.74) is 2.67. The molecule has 0 aliphatic heterocycles. The number of sulfonamides is 1. The van der Waals surface area contributed by atoms with E-state index in [1.165, 1.54) is 17.0 Å². The summed E-state index contributed by atoms with van der Waals surface area (Å²) < 4.78 is 30.1. The lowest BCUT2D eigenvalue weighted by molar-refractivity contribution is -0.140. The molecular weight excluding hydrogens is 674 g/mol. The van der Waals surface area contributed by atoms with Crippen LogP contribution in [-0.4, -0.2) is 43.8 Å². The molecular formula is C35H37BrClN3O4S. The smallest absolute Gasteiger partial charge is 0.264 e. The van der Waals surface area contributed by atoms with Crippen molar-refractivity contribution in [2.24, 2.45) is 0 Å². The van der Waals surface area contributed by atoms with Crippen LogP contribution in [0.3, 0.4) is 0 Å². The number of anilines is 1. The minimum Gasteiger partial charge on any atom is -0.352 e. The summed E-state index contributed by atoms with van der Waals surface area (Å²) in [6.07, 6.45) is 0.953. The number of carbonyl (C=O) groups is 2. The third kappa shape index (κ3) is 8.96. The van der Waals surface area contributed by atoms with Gasteiger partial charge in [0.05, 0.1) is 10.6 Å². The Morgan fingerprint density at radius 1 is 0.889 bits per heavy atom. The number of rotatable bonds is 13. The van der Waals surface area contributed by atoms with Gasteiger partial charge in [-0.2, -0.15) is 0 Å². The zero-order chi connectivity index (χ0) is 32.6. The monoisotopic (exact) mass is 709 g/mol. The molecule has 0 heterocycles. The Morgan fingerprint density at radius 3 is 2.11 bits per heavy atom. The molecule has 0 saturated heterocycles. The van der Waals surface area contributed by atoms with Crippen molar-refractivity contribution in [2.75, 3.05) is 10.8 Å². The molecule has 7 nitrogen and oxygen atoms in total. The number of carbonyl (C=O) groups excluding carboxylic acids is 2. The maximum absolute atomic E-state index is 14.5. The van der Waals surface area contributed by atoms with E-state index in [4.69, 9.17) is 11.6 Å². The first-order valence-electron chi connectivity index (χ1n) is 14.7. The Labute approximate surface area is 279 Å². The van der Waals surface area contributed by atoms with Crippen molar-refractivity contribution in [3.63, 3.8) is 0 Å². The van der Waals surface area contributed by atoms with Crippen LogP contribution in [0.25, 0.3) is 0 Å². The van der Waals surface area contributed by atoms with Gasteiger partial charge in [0.15, 0.2) is 0 Å². The van der Waals surface area contributed by atoms with Crippen molar-refractivity contribution in [1.82, 2.24) is 10.2 Å². The predicted molar refractivity (Wildman–Crippen MR) is 184 cm³/mol. The van der Waals surface area contributed by atoms with Crippen LogP contribution in [0.1, 0.15) is 37.0 Å². The highest BCUT2D eigenvalue weighted by Gasteiger charge is 2.35. The molecule has 2 amide bonds. The fourth-order valence-corrected chi connectivity index (χ4v) is 6.63. The van der Waals surface area contributed by atoms with Crippen molar-refractivity contribution < 1.29 is 18.0 Å². The average molecular weight is 711 g/mol. The molecule has 236 valence electrons. The van der Waals surface area contributed by atoms with E-state index in [0.717, 1.165) is 25.5 Å². The lowest BCUT2D eigenvalue weighted by Crippen LogP contribution is -2.54. The third-order valence-electron chi connectivity index (χ3n) is 7.59. The molecule has 10 heteroatoms. The van der Waals surface area contributed by atoms with Crippen molar-refractivity contribution in [3.8, 4) is 0 Å². The Kier molecular flexibility index (Phi) is 11.8. The minimum atomic E-state index is -4.20. The lowest BCUT2D eigenvalue weighted by Gasteiger charge is -2.34. The molecule has 0 spiro atoms. The number of benzene rings is 4. The first-order valence-corrected chi connectivity index (χ1v) is 17.3. The molecule has 4 aromatic carbocycles. The second-order valence-corrected chi connectivity index (χ2v) is 14.1. The molecule has 4 aromatic rings. The second-order valence-electron chi connectivity index (χ2n) is 10.9. The minimum absolute atomic E-state index is 0.0318. The Balaban J connectivity index is 1.81. The van der Waals surface area contributed by atoms with E-state index >= 15 is 0 Å². The summed E-state index contributed by atoms with van der Waals surface area (Å²) in [5.74, 6) is -0.844. The average Bonchev–Trinajstić information content (AvgIpc) is 3.04. The lowest BCUT2D eigenvalue weighted by atomic mass is 10.0. The highest BCUT2D eigenvalue weighted by Crippen LogP contribution is 2.29. The molecule has 45 heavy (non-hydrogen) atoms. The van der Waals surface area contributed by atoms with E-state index in [-0.39, 0.29) is 35.5 Å². The van der Waals surface area contributed by atoms with Gasteiger partial charge in [0.25, 0.3) is 10.0 Å². The van der Waals surface area contributed by atoms with Crippen LogP contribution < -0.4 is 9.62 Å². The summed E-state index contributed by atoms with van der Waals surface area (Å²) in [5, 5.41) is 3.42. The number of nitrogens with zero attached hydrogens (tertiary/aromatic N) is 2. The number of aryl methyl sites for hydroxylation is 1. The van der Waals surface area contributed by atoms with Gasteiger partial charge in [-0.15, -0.1) is 0 Å². The molecule has 4 rings (SSSR count). The maximum atomic E-state index is 14.5. The van der Waals surface area contributed by atoms with Gasteiger partial charge in [-0.3, -0.25) is 13.9 Å². The van der Waals surface area contributed by atoms with Crippen LogP contribution >= 0.6 is 27.5 Å². The van der Waals surface area contributed by atoms with Crippen LogP contribution in [0.5, 0.6) is 0 Å². The van der Waals surface area contributed by atoms with Crippen molar-refractivity contribution in [3.05, 3.63) is 129 Å². The number of hydrogen-bond acceptors (Lipinski definition) is 4. The number of hydrogen-bond donors (Lipinski definition) is 1. The summed E-state index contributed by atoms with van der Waals surface area (Å²) in [7, 11) is -4.20. The van der Waals surface area contributed by atoms with Gasteiger partial charge in [0.1, 0.15) is 12.6 Å². The molecule has 0 aliphatic carbocycles. The van der Waals surface area contributed by atoms with Gasteiger partial charge < -0.3 is 10.2 Å². The van der Waals surface area contributed by atoms with Crippen molar-refractivity contribution >= 4 is 55.1 Å². The number of halogens is 2. The first kappa shape index (κ1) is 34.2. The van der Waals surface area contributed by atoms with Gasteiger partial charge in [-0.1, -0.05) is 101 Å². The fourth-order valence-electron chi connectivity index (χ4n) is 4.77. The largest absolute Gasteiger partial charge is 0.352 e. The van der Waals surface area contributed by atoms with Crippen LogP contribution in [0.15, 0.2) is 112 Å². The summed E-state index contributed by atoms with van der Waals surface area (Å²) >= 11 is 9.90. The van der Waals surface area contributed by atoms with Gasteiger partial charge in [-0.05, 0) is 73.4 Å². The Bertz CT molecular complexity index is 1700. The predicted octanol–water partition coefficient (Wildman–Crippen LogP) is 7.16. The SMILES string of the molecule is CC[C@H](C)NC(=O)[C@@H](Cc1ccccc1)N(Cc1ccc(Br)cc1)C(=O)CN(c1ccc(C)c(Cl)c1)S(=O)(=O)c1ccccc1. The summed E-state index contributed by atoms with van der Waals surface area (Å²) in [6.45, 7) is 5.24. The quantitative estimate of drug-likeness (QED) is 0.160. The van der Waals surface area contributed by atoms with E-state index in [1.807, 2.05) is 75.4 Å². The van der Waals surface area contributed by atoms with E-state index in [1.54, 1.807) is 36.4 Å². The molecule has 0 saturated carbocycles. The normalized spacial score (nSPS) is 12.6. The number of amides is 2. The van der Waals surface area contributed by atoms with Crippen molar-refractivity contribution in [1.29, 1.82) is 0 Å². The van der Waals surface area contributed by atoms with Gasteiger partial charge in [-0.25, -0.2) is 8.42 Å². The third-order valence-corrected chi connectivity index (χ3v) is 10.3.